The number of rotatable bonds is 5. The van der Waals surface area contributed by atoms with Crippen LogP contribution in [0.15, 0.2) is 12.1 Å². The van der Waals surface area contributed by atoms with Crippen molar-refractivity contribution in [2.45, 2.75) is 37.8 Å². The summed E-state index contributed by atoms with van der Waals surface area (Å²) in [5.74, 6) is 0.688. The molecule has 0 bridgehead atoms. The van der Waals surface area contributed by atoms with Gasteiger partial charge in [-0.2, -0.15) is 0 Å². The first-order valence-electron chi connectivity index (χ1n) is 7.34. The van der Waals surface area contributed by atoms with Gasteiger partial charge in [0.15, 0.2) is 11.5 Å². The summed E-state index contributed by atoms with van der Waals surface area (Å²) in [6.07, 6.45) is 4.94. The van der Waals surface area contributed by atoms with Gasteiger partial charge in [-0.25, -0.2) is 0 Å². The third-order valence-electron chi connectivity index (χ3n) is 3.97. The van der Waals surface area contributed by atoms with E-state index < -0.39 is 0 Å². The lowest BCUT2D eigenvalue weighted by Crippen LogP contribution is -2.39. The summed E-state index contributed by atoms with van der Waals surface area (Å²) >= 11 is 0. The van der Waals surface area contributed by atoms with Crippen LogP contribution in [0, 0.1) is 0 Å². The number of hydrogen-bond acceptors (Lipinski definition) is 5. The number of amides is 1. The van der Waals surface area contributed by atoms with Crippen molar-refractivity contribution in [3.63, 3.8) is 0 Å². The molecule has 1 aromatic heterocycles. The zero-order valence-corrected chi connectivity index (χ0v) is 11.8. The topological polar surface area (TPSA) is 70.2 Å². The standard InChI is InChI=1S/C14H21N5O/c1-15-14(20)12-6-7-13(18-17-12)19(11-4-5-11)9-10-3-2-8-16-10/h6-7,10-11,16H,2-5,8-9H2,1H3,(H,15,20). The van der Waals surface area contributed by atoms with Crippen molar-refractivity contribution >= 4 is 11.7 Å². The summed E-state index contributed by atoms with van der Waals surface area (Å²) < 4.78 is 0. The smallest absolute Gasteiger partial charge is 0.271 e. The molecule has 2 heterocycles. The lowest BCUT2D eigenvalue weighted by atomic mass is 10.2. The summed E-state index contributed by atoms with van der Waals surface area (Å²) in [5.41, 5.74) is 0.367. The molecule has 6 heteroatoms. The van der Waals surface area contributed by atoms with E-state index in [1.165, 1.54) is 25.7 Å². The molecule has 1 atom stereocenters. The van der Waals surface area contributed by atoms with E-state index in [2.05, 4.69) is 25.7 Å². The molecule has 1 aromatic rings. The molecule has 1 aliphatic heterocycles. The van der Waals surface area contributed by atoms with Crippen LogP contribution in [0.5, 0.6) is 0 Å². The van der Waals surface area contributed by atoms with Crippen molar-refractivity contribution in [1.82, 2.24) is 20.8 Å². The van der Waals surface area contributed by atoms with E-state index in [1.54, 1.807) is 13.1 Å². The van der Waals surface area contributed by atoms with Crippen LogP contribution in [-0.2, 0) is 0 Å². The predicted molar refractivity (Wildman–Crippen MR) is 76.8 cm³/mol. The fourth-order valence-corrected chi connectivity index (χ4v) is 2.69. The molecule has 20 heavy (non-hydrogen) atoms. The first kappa shape index (κ1) is 13.3. The Morgan fingerprint density at radius 2 is 2.25 bits per heavy atom. The third kappa shape index (κ3) is 2.90. The van der Waals surface area contributed by atoms with Crippen LogP contribution < -0.4 is 15.5 Å². The van der Waals surface area contributed by atoms with Crippen LogP contribution in [0.4, 0.5) is 5.82 Å². The van der Waals surface area contributed by atoms with E-state index in [4.69, 9.17) is 0 Å². The fourth-order valence-electron chi connectivity index (χ4n) is 2.69. The maximum atomic E-state index is 11.5. The number of nitrogens with one attached hydrogen (secondary N) is 2. The van der Waals surface area contributed by atoms with E-state index in [1.807, 2.05) is 6.07 Å². The highest BCUT2D eigenvalue weighted by atomic mass is 16.1. The maximum Gasteiger partial charge on any atom is 0.271 e. The van der Waals surface area contributed by atoms with Gasteiger partial charge in [0.25, 0.3) is 5.91 Å². The van der Waals surface area contributed by atoms with Crippen molar-refractivity contribution in [1.29, 1.82) is 0 Å². The van der Waals surface area contributed by atoms with E-state index in [9.17, 15) is 4.79 Å². The van der Waals surface area contributed by atoms with Crippen molar-refractivity contribution in [3.05, 3.63) is 17.8 Å². The second-order valence-electron chi connectivity index (χ2n) is 5.53. The Labute approximate surface area is 118 Å². The third-order valence-corrected chi connectivity index (χ3v) is 3.97. The summed E-state index contributed by atoms with van der Waals surface area (Å²) in [5, 5.41) is 14.4. The highest BCUT2D eigenvalue weighted by Gasteiger charge is 2.32. The van der Waals surface area contributed by atoms with Crippen LogP contribution in [0.2, 0.25) is 0 Å². The second kappa shape index (κ2) is 5.75. The molecular formula is C14H21N5O. The average molecular weight is 275 g/mol. The summed E-state index contributed by atoms with van der Waals surface area (Å²) in [6, 6.07) is 4.80. The molecule has 1 saturated carbocycles. The maximum absolute atomic E-state index is 11.5. The molecule has 2 N–H and O–H groups in total. The summed E-state index contributed by atoms with van der Waals surface area (Å²) in [4.78, 5) is 13.8. The highest BCUT2D eigenvalue weighted by molar-refractivity contribution is 5.91. The monoisotopic (exact) mass is 275 g/mol. The minimum absolute atomic E-state index is 0.195. The Morgan fingerprint density at radius 1 is 1.40 bits per heavy atom. The van der Waals surface area contributed by atoms with Crippen molar-refractivity contribution in [2.24, 2.45) is 0 Å². The zero-order chi connectivity index (χ0) is 13.9. The second-order valence-corrected chi connectivity index (χ2v) is 5.53. The highest BCUT2D eigenvalue weighted by Crippen LogP contribution is 2.31. The van der Waals surface area contributed by atoms with Crippen LogP contribution in [0.1, 0.15) is 36.2 Å². The van der Waals surface area contributed by atoms with Crippen LogP contribution in [0.25, 0.3) is 0 Å². The van der Waals surface area contributed by atoms with Crippen molar-refractivity contribution < 1.29 is 4.79 Å². The lowest BCUT2D eigenvalue weighted by Gasteiger charge is -2.26. The van der Waals surface area contributed by atoms with E-state index >= 15 is 0 Å². The fraction of sp³-hybridized carbons (Fsp3) is 0.643. The van der Waals surface area contributed by atoms with Gasteiger partial charge in [0.1, 0.15) is 0 Å². The van der Waals surface area contributed by atoms with Gasteiger partial charge in [0, 0.05) is 25.7 Å². The molecule has 1 saturated heterocycles. The number of hydrogen-bond donors (Lipinski definition) is 2. The van der Waals surface area contributed by atoms with Gasteiger partial charge in [-0.1, -0.05) is 0 Å². The number of carbonyl (C=O) groups excluding carboxylic acids is 1. The lowest BCUT2D eigenvalue weighted by molar-refractivity contribution is 0.0957. The molecule has 0 radical (unpaired) electrons. The SMILES string of the molecule is CNC(=O)c1ccc(N(CC2CCCN2)C2CC2)nn1. The first-order valence-corrected chi connectivity index (χ1v) is 7.34. The Hall–Kier alpha value is -1.69. The normalized spacial score (nSPS) is 21.8. The van der Waals surface area contributed by atoms with E-state index in [0.717, 1.165) is 18.9 Å². The molecule has 2 fully saturated rings. The van der Waals surface area contributed by atoms with Gasteiger partial charge in [-0.3, -0.25) is 4.79 Å². The Balaban J connectivity index is 1.71. The molecule has 1 aliphatic carbocycles. The largest absolute Gasteiger partial charge is 0.354 e. The molecule has 2 aliphatic rings. The summed E-state index contributed by atoms with van der Waals surface area (Å²) in [7, 11) is 1.60. The molecule has 0 aromatic carbocycles. The predicted octanol–water partition coefficient (Wildman–Crippen LogP) is 0.557. The molecular weight excluding hydrogens is 254 g/mol. The quantitative estimate of drug-likeness (QED) is 0.821. The minimum Gasteiger partial charge on any atom is -0.354 e. The zero-order valence-electron chi connectivity index (χ0n) is 11.8. The van der Waals surface area contributed by atoms with Crippen LogP contribution in [0.3, 0.4) is 0 Å². The van der Waals surface area contributed by atoms with Crippen LogP contribution >= 0.6 is 0 Å². The average Bonchev–Trinajstić information content (AvgIpc) is 3.21. The van der Waals surface area contributed by atoms with Gasteiger partial charge in [-0.05, 0) is 44.4 Å². The molecule has 6 nitrogen and oxygen atoms in total. The van der Waals surface area contributed by atoms with Gasteiger partial charge in [-0.15, -0.1) is 10.2 Å². The van der Waals surface area contributed by atoms with Gasteiger partial charge >= 0.3 is 0 Å². The molecule has 108 valence electrons. The van der Waals surface area contributed by atoms with Crippen molar-refractivity contribution in [3.8, 4) is 0 Å². The van der Waals surface area contributed by atoms with E-state index in [-0.39, 0.29) is 5.91 Å². The van der Waals surface area contributed by atoms with Gasteiger partial charge in [0.2, 0.25) is 0 Å². The number of anilines is 1. The molecule has 3 rings (SSSR count). The number of carbonyl (C=O) groups is 1. The molecule has 0 spiro atoms. The van der Waals surface area contributed by atoms with Gasteiger partial charge < -0.3 is 15.5 Å². The summed E-state index contributed by atoms with van der Waals surface area (Å²) in [6.45, 7) is 2.10. The number of aromatic nitrogens is 2. The number of nitrogens with zero attached hydrogens (tertiary/aromatic N) is 3. The van der Waals surface area contributed by atoms with Gasteiger partial charge in [0.05, 0.1) is 0 Å². The Kier molecular flexibility index (Phi) is 3.82. The van der Waals surface area contributed by atoms with Crippen LogP contribution in [-0.4, -0.2) is 48.3 Å². The Morgan fingerprint density at radius 3 is 2.80 bits per heavy atom. The van der Waals surface area contributed by atoms with E-state index in [0.29, 0.717) is 17.8 Å². The molecule has 1 amide bonds. The van der Waals surface area contributed by atoms with Crippen molar-refractivity contribution in [2.75, 3.05) is 25.0 Å². The first-order chi connectivity index (χ1) is 9.78. The minimum atomic E-state index is -0.195. The Bertz CT molecular complexity index is 465. The molecule has 1 unspecified atom stereocenters.